The first-order valence-corrected chi connectivity index (χ1v) is 16.3. The van der Waals surface area contributed by atoms with Gasteiger partial charge in [-0.25, -0.2) is 0 Å². The molecule has 2 heterocycles. The van der Waals surface area contributed by atoms with Crippen molar-refractivity contribution < 1.29 is 38.8 Å². The van der Waals surface area contributed by atoms with Crippen LogP contribution in [0.2, 0.25) is 0 Å². The lowest BCUT2D eigenvalue weighted by Gasteiger charge is -2.47. The van der Waals surface area contributed by atoms with Crippen LogP contribution in [0.25, 0.3) is 0 Å². The van der Waals surface area contributed by atoms with E-state index in [-0.39, 0.29) is 49.3 Å². The second-order valence-corrected chi connectivity index (χ2v) is 13.5. The maximum atomic E-state index is 13.4. The molecule has 2 rings (SSSR count). The second kappa shape index (κ2) is 17.2. The van der Waals surface area contributed by atoms with E-state index in [1.807, 2.05) is 51.6 Å². The molecule has 3 N–H and O–H groups in total. The Morgan fingerprint density at radius 3 is 2.39 bits per heavy atom. The van der Waals surface area contributed by atoms with Gasteiger partial charge in [0.1, 0.15) is 12.2 Å². The average Bonchev–Trinajstić information content (AvgIpc) is 2.94. The molecule has 10 atom stereocenters. The molecule has 2 amide bonds. The van der Waals surface area contributed by atoms with Crippen LogP contribution in [0.5, 0.6) is 0 Å². The number of rotatable bonds is 8. The number of carbonyl (C=O) groups is 3. The van der Waals surface area contributed by atoms with Crippen molar-refractivity contribution in [1.29, 1.82) is 0 Å². The highest BCUT2D eigenvalue weighted by Crippen LogP contribution is 2.36. The topological polar surface area (TPSA) is 141 Å². The standard InChI is InChI=1S/C32H60N4O8/c1-11-36(12-2)19-26(38)43-28-22(5)29(44-31-27(39)24(34(8)9)16-21(4)42-31)32(7,41)17-20(3)18-35(10)25(37)14-13-15-33-30(40)23(28)6/h20-24,27-29,31,39,41H,11-19H2,1-10H3,(H,33,40)/t20-,21-,22+,23-,24+,27-,28+,29-,31+,32-/m1/s1. The Morgan fingerprint density at radius 2 is 1.80 bits per heavy atom. The Labute approximate surface area is 264 Å². The zero-order valence-electron chi connectivity index (χ0n) is 28.7. The molecule has 0 aromatic rings. The number of esters is 1. The third-order valence-corrected chi connectivity index (χ3v) is 9.23. The van der Waals surface area contributed by atoms with Gasteiger partial charge in [-0.05, 0) is 66.2 Å². The van der Waals surface area contributed by atoms with E-state index in [4.69, 9.17) is 14.2 Å². The normalized spacial score (nSPS) is 37.0. The van der Waals surface area contributed by atoms with Gasteiger partial charge in [-0.1, -0.05) is 34.6 Å². The van der Waals surface area contributed by atoms with Gasteiger partial charge < -0.3 is 39.5 Å². The Balaban J connectivity index is 2.56. The van der Waals surface area contributed by atoms with Gasteiger partial charge in [-0.15, -0.1) is 0 Å². The maximum absolute atomic E-state index is 13.4. The molecule has 0 aliphatic carbocycles. The second-order valence-electron chi connectivity index (χ2n) is 13.5. The van der Waals surface area contributed by atoms with E-state index in [1.54, 1.807) is 32.7 Å². The van der Waals surface area contributed by atoms with Gasteiger partial charge >= 0.3 is 5.97 Å². The van der Waals surface area contributed by atoms with Gasteiger partial charge in [-0.3, -0.25) is 19.3 Å². The predicted octanol–water partition coefficient (Wildman–Crippen LogP) is 1.47. The zero-order valence-corrected chi connectivity index (χ0v) is 28.7. The summed E-state index contributed by atoms with van der Waals surface area (Å²) >= 11 is 0. The molecule has 0 unspecified atom stereocenters. The summed E-state index contributed by atoms with van der Waals surface area (Å²) in [5.41, 5.74) is -1.51. The highest BCUT2D eigenvalue weighted by Gasteiger charge is 2.49. The van der Waals surface area contributed by atoms with Crippen LogP contribution in [0.15, 0.2) is 0 Å². The lowest BCUT2D eigenvalue weighted by molar-refractivity contribution is -0.299. The van der Waals surface area contributed by atoms with E-state index < -0.39 is 48.0 Å². The first-order valence-electron chi connectivity index (χ1n) is 16.3. The molecule has 2 aliphatic rings. The quantitative estimate of drug-likeness (QED) is 0.339. The van der Waals surface area contributed by atoms with E-state index in [9.17, 15) is 24.6 Å². The van der Waals surface area contributed by atoms with Crippen molar-refractivity contribution >= 4 is 17.8 Å². The van der Waals surface area contributed by atoms with E-state index in [2.05, 4.69) is 5.32 Å². The number of nitrogens with zero attached hydrogens (tertiary/aromatic N) is 3. The molecule has 2 aliphatic heterocycles. The summed E-state index contributed by atoms with van der Waals surface area (Å²) < 4.78 is 18.7. The smallest absolute Gasteiger partial charge is 0.320 e. The van der Waals surface area contributed by atoms with Gasteiger partial charge in [0.05, 0.1) is 30.3 Å². The molecule has 44 heavy (non-hydrogen) atoms. The Hall–Kier alpha value is -1.83. The third-order valence-electron chi connectivity index (χ3n) is 9.23. The van der Waals surface area contributed by atoms with Gasteiger partial charge in [0.25, 0.3) is 0 Å². The first-order chi connectivity index (χ1) is 20.5. The zero-order chi connectivity index (χ0) is 33.4. The first kappa shape index (κ1) is 38.4. The number of nitrogens with one attached hydrogen (secondary N) is 1. The number of carbonyl (C=O) groups excluding carboxylic acids is 3. The van der Waals surface area contributed by atoms with Crippen molar-refractivity contribution in [3.05, 3.63) is 0 Å². The van der Waals surface area contributed by atoms with E-state index in [1.165, 1.54) is 0 Å². The van der Waals surface area contributed by atoms with Crippen LogP contribution in [0, 0.1) is 17.8 Å². The van der Waals surface area contributed by atoms with Crippen molar-refractivity contribution in [1.82, 2.24) is 20.0 Å². The molecular formula is C32H60N4O8. The summed E-state index contributed by atoms with van der Waals surface area (Å²) in [6, 6.07) is -0.239. The van der Waals surface area contributed by atoms with Gasteiger partial charge in [0, 0.05) is 38.5 Å². The van der Waals surface area contributed by atoms with Crippen LogP contribution in [-0.4, -0.2) is 139 Å². The molecule has 0 radical (unpaired) electrons. The van der Waals surface area contributed by atoms with Crippen molar-refractivity contribution in [2.24, 2.45) is 17.8 Å². The van der Waals surface area contributed by atoms with Crippen LogP contribution in [-0.2, 0) is 28.6 Å². The van der Waals surface area contributed by atoms with Crippen molar-refractivity contribution in [2.75, 3.05) is 53.9 Å². The fourth-order valence-electron chi connectivity index (χ4n) is 6.70. The molecule has 12 nitrogen and oxygen atoms in total. The number of aliphatic hydroxyl groups excluding tert-OH is 1. The fraction of sp³-hybridized carbons (Fsp3) is 0.906. The SMILES string of the molecule is CCN(CC)CC(=O)O[C@H]1[C@H](C)[C@@H](O[C@@H]2O[C@H](C)C[C@H](N(C)C)[C@H]2O)[C@](C)(O)C[C@@H](C)CN(C)C(=O)CCCNC(=O)[C@@H]1C. The Bertz CT molecular complexity index is 930. The summed E-state index contributed by atoms with van der Waals surface area (Å²) in [6.07, 6.45) is -2.66. The molecule has 0 saturated carbocycles. The summed E-state index contributed by atoms with van der Waals surface area (Å²) in [5.74, 6) is -2.44. The van der Waals surface area contributed by atoms with Gasteiger partial charge in [0.15, 0.2) is 6.29 Å². The molecule has 2 fully saturated rings. The molecule has 0 bridgehead atoms. The van der Waals surface area contributed by atoms with Crippen molar-refractivity contribution in [3.63, 3.8) is 0 Å². The molecule has 0 aromatic heterocycles. The maximum Gasteiger partial charge on any atom is 0.320 e. The predicted molar refractivity (Wildman–Crippen MR) is 168 cm³/mol. The van der Waals surface area contributed by atoms with Crippen LogP contribution < -0.4 is 5.32 Å². The number of ether oxygens (including phenoxy) is 3. The highest BCUT2D eigenvalue weighted by atomic mass is 16.7. The molecule has 2 saturated heterocycles. The van der Waals surface area contributed by atoms with E-state index in [0.717, 1.165) is 0 Å². The minimum atomic E-state index is -1.51. The monoisotopic (exact) mass is 628 g/mol. The lowest BCUT2D eigenvalue weighted by Crippen LogP contribution is -2.59. The van der Waals surface area contributed by atoms with Crippen molar-refractivity contribution in [2.45, 2.75) is 116 Å². The Kier molecular flexibility index (Phi) is 15.0. The van der Waals surface area contributed by atoms with E-state index >= 15 is 0 Å². The van der Waals surface area contributed by atoms with Gasteiger partial charge in [0.2, 0.25) is 11.8 Å². The summed E-state index contributed by atoms with van der Waals surface area (Å²) in [7, 11) is 5.51. The van der Waals surface area contributed by atoms with Crippen LogP contribution >= 0.6 is 0 Å². The summed E-state index contributed by atoms with van der Waals surface area (Å²) in [5, 5.41) is 26.4. The van der Waals surface area contributed by atoms with Crippen LogP contribution in [0.4, 0.5) is 0 Å². The molecule has 0 aromatic carbocycles. The molecule has 256 valence electrons. The number of hydrogen-bond donors (Lipinski definition) is 3. The number of amides is 2. The molecule has 12 heteroatoms. The number of aliphatic hydroxyl groups is 2. The average molecular weight is 629 g/mol. The third kappa shape index (κ3) is 10.6. The molecule has 0 spiro atoms. The van der Waals surface area contributed by atoms with Crippen molar-refractivity contribution in [3.8, 4) is 0 Å². The Morgan fingerprint density at radius 1 is 1.16 bits per heavy atom. The van der Waals surface area contributed by atoms with Crippen LogP contribution in [0.3, 0.4) is 0 Å². The summed E-state index contributed by atoms with van der Waals surface area (Å²) in [4.78, 5) is 44.9. The molecular weight excluding hydrogens is 568 g/mol. The van der Waals surface area contributed by atoms with Gasteiger partial charge in [-0.2, -0.15) is 0 Å². The lowest BCUT2D eigenvalue weighted by atomic mass is 9.77. The minimum absolute atomic E-state index is 0.0412. The number of likely N-dealkylation sites (N-methyl/N-ethyl adjacent to an activating group) is 2. The number of hydrogen-bond acceptors (Lipinski definition) is 10. The summed E-state index contributed by atoms with van der Waals surface area (Å²) in [6.45, 7) is 15.1. The highest BCUT2D eigenvalue weighted by molar-refractivity contribution is 5.80. The minimum Gasteiger partial charge on any atom is -0.460 e. The van der Waals surface area contributed by atoms with E-state index in [0.29, 0.717) is 39.0 Å². The fourth-order valence-corrected chi connectivity index (χ4v) is 6.70. The van der Waals surface area contributed by atoms with Crippen LogP contribution in [0.1, 0.15) is 74.1 Å². The largest absolute Gasteiger partial charge is 0.460 e.